The van der Waals surface area contributed by atoms with Crippen LogP contribution in [0.1, 0.15) is 17.0 Å². The Morgan fingerprint density at radius 3 is 2.59 bits per heavy atom. The van der Waals surface area contributed by atoms with Crippen LogP contribution in [0.15, 0.2) is 84.1 Å². The Labute approximate surface area is 169 Å². The number of nitrogens with zero attached hydrogens (tertiary/aromatic N) is 1. The maximum absolute atomic E-state index is 12.7. The molecule has 29 heavy (non-hydrogen) atoms. The minimum absolute atomic E-state index is 0.146. The smallest absolute Gasteiger partial charge is 0.242 e. The van der Waals surface area contributed by atoms with Gasteiger partial charge in [-0.3, -0.25) is 4.98 Å². The molecule has 7 heteroatoms. The second-order valence-corrected chi connectivity index (χ2v) is 8.42. The number of fused-ring (bicyclic) bond motifs is 1. The molecule has 0 radical (unpaired) electrons. The van der Waals surface area contributed by atoms with Gasteiger partial charge in [0, 0.05) is 42.0 Å². The number of aromatic nitrogens is 2. The van der Waals surface area contributed by atoms with Gasteiger partial charge in [-0.25, -0.2) is 13.1 Å². The number of ether oxygens (including phenoxy) is 1. The lowest BCUT2D eigenvalue weighted by Crippen LogP contribution is -2.29. The standard InChI is InChI=1S/C22H21N3O3S/c1-28-17-10-8-16(9-11-17)20(21-14-24-22-7-3-2-6-19(21)22)15-25-29(26,27)18-5-4-12-23-13-18/h2-14,20,24-25H,15H2,1H3. The second kappa shape index (κ2) is 8.06. The number of sulfonamides is 1. The molecule has 6 nitrogen and oxygen atoms in total. The van der Waals surface area contributed by atoms with E-state index >= 15 is 0 Å². The summed E-state index contributed by atoms with van der Waals surface area (Å²) in [5, 5.41) is 1.06. The third-order valence-electron chi connectivity index (χ3n) is 4.94. The molecule has 2 aromatic carbocycles. The lowest BCUT2D eigenvalue weighted by molar-refractivity contribution is 0.414. The highest BCUT2D eigenvalue weighted by Gasteiger charge is 2.22. The van der Waals surface area contributed by atoms with Crippen molar-refractivity contribution in [2.75, 3.05) is 13.7 Å². The van der Waals surface area contributed by atoms with Crippen LogP contribution in [-0.2, 0) is 10.0 Å². The van der Waals surface area contributed by atoms with Gasteiger partial charge < -0.3 is 9.72 Å². The van der Waals surface area contributed by atoms with Gasteiger partial charge in [-0.15, -0.1) is 0 Å². The molecular formula is C22H21N3O3S. The molecule has 2 N–H and O–H groups in total. The fourth-order valence-electron chi connectivity index (χ4n) is 3.41. The maximum atomic E-state index is 12.7. The van der Waals surface area contributed by atoms with Crippen LogP contribution in [0.4, 0.5) is 0 Å². The summed E-state index contributed by atoms with van der Waals surface area (Å²) in [5.74, 6) is 0.575. The molecule has 0 aliphatic heterocycles. The topological polar surface area (TPSA) is 84.1 Å². The number of para-hydroxylation sites is 1. The van der Waals surface area contributed by atoms with Gasteiger partial charge in [0.2, 0.25) is 10.0 Å². The van der Waals surface area contributed by atoms with Crippen molar-refractivity contribution in [2.45, 2.75) is 10.8 Å². The molecule has 0 saturated heterocycles. The Balaban J connectivity index is 1.70. The third kappa shape index (κ3) is 4.01. The van der Waals surface area contributed by atoms with Crippen molar-refractivity contribution in [3.05, 3.63) is 90.4 Å². The van der Waals surface area contributed by atoms with Crippen molar-refractivity contribution < 1.29 is 13.2 Å². The van der Waals surface area contributed by atoms with Gasteiger partial charge in [0.05, 0.1) is 7.11 Å². The molecule has 0 aliphatic rings. The van der Waals surface area contributed by atoms with E-state index < -0.39 is 10.0 Å². The maximum Gasteiger partial charge on any atom is 0.242 e. The average Bonchev–Trinajstić information content (AvgIpc) is 3.19. The molecule has 0 saturated carbocycles. The van der Waals surface area contributed by atoms with Gasteiger partial charge in [0.15, 0.2) is 0 Å². The normalized spacial score (nSPS) is 12.7. The van der Waals surface area contributed by atoms with Crippen LogP contribution >= 0.6 is 0 Å². The molecular weight excluding hydrogens is 386 g/mol. The minimum Gasteiger partial charge on any atom is -0.497 e. The first-order valence-corrected chi connectivity index (χ1v) is 10.7. The number of methoxy groups -OCH3 is 1. The number of rotatable bonds is 7. The molecule has 2 heterocycles. The Morgan fingerprint density at radius 2 is 1.86 bits per heavy atom. The molecule has 4 aromatic rings. The first kappa shape index (κ1) is 19.2. The SMILES string of the molecule is COc1ccc(C(CNS(=O)(=O)c2cccnc2)c2c[nH]c3ccccc23)cc1. The quantitative estimate of drug-likeness (QED) is 0.489. The van der Waals surface area contributed by atoms with Gasteiger partial charge in [-0.1, -0.05) is 30.3 Å². The molecule has 1 atom stereocenters. The summed E-state index contributed by atoms with van der Waals surface area (Å²) >= 11 is 0. The molecule has 0 amide bonds. The number of benzene rings is 2. The molecule has 0 aliphatic carbocycles. The van der Waals surface area contributed by atoms with Crippen LogP contribution in [0.25, 0.3) is 10.9 Å². The van der Waals surface area contributed by atoms with Gasteiger partial charge in [-0.05, 0) is 41.5 Å². The minimum atomic E-state index is -3.67. The number of aromatic amines is 1. The summed E-state index contributed by atoms with van der Waals surface area (Å²) in [5.41, 5.74) is 3.03. The summed E-state index contributed by atoms with van der Waals surface area (Å²) in [6, 6.07) is 18.8. The van der Waals surface area contributed by atoms with E-state index in [1.807, 2.05) is 54.7 Å². The van der Waals surface area contributed by atoms with Crippen molar-refractivity contribution >= 4 is 20.9 Å². The Bertz CT molecular complexity index is 1200. The van der Waals surface area contributed by atoms with E-state index in [4.69, 9.17) is 4.74 Å². The predicted octanol–water partition coefficient (Wildman–Crippen LogP) is 3.68. The van der Waals surface area contributed by atoms with Crippen molar-refractivity contribution in [2.24, 2.45) is 0 Å². The molecule has 1 unspecified atom stereocenters. The van der Waals surface area contributed by atoms with Crippen LogP contribution in [0.3, 0.4) is 0 Å². The number of hydrogen-bond acceptors (Lipinski definition) is 4. The van der Waals surface area contributed by atoms with Crippen molar-refractivity contribution in [3.8, 4) is 5.75 Å². The van der Waals surface area contributed by atoms with Crippen LogP contribution in [-0.4, -0.2) is 32.0 Å². The average molecular weight is 407 g/mol. The zero-order valence-corrected chi connectivity index (χ0v) is 16.7. The van der Waals surface area contributed by atoms with Gasteiger partial charge in [0.1, 0.15) is 10.6 Å². The molecule has 0 bridgehead atoms. The Hall–Kier alpha value is -3.16. The van der Waals surface area contributed by atoms with Gasteiger partial charge in [0.25, 0.3) is 0 Å². The second-order valence-electron chi connectivity index (χ2n) is 6.66. The van der Waals surface area contributed by atoms with Crippen LogP contribution in [0, 0.1) is 0 Å². The Morgan fingerprint density at radius 1 is 1.07 bits per heavy atom. The molecule has 2 aromatic heterocycles. The zero-order chi connectivity index (χ0) is 20.3. The highest BCUT2D eigenvalue weighted by atomic mass is 32.2. The van der Waals surface area contributed by atoms with E-state index in [2.05, 4.69) is 14.7 Å². The van der Waals surface area contributed by atoms with E-state index in [-0.39, 0.29) is 17.4 Å². The van der Waals surface area contributed by atoms with E-state index in [1.54, 1.807) is 19.4 Å². The fraction of sp³-hybridized carbons (Fsp3) is 0.136. The number of nitrogens with one attached hydrogen (secondary N) is 2. The van der Waals surface area contributed by atoms with Crippen LogP contribution < -0.4 is 9.46 Å². The summed E-state index contributed by atoms with van der Waals surface area (Å²) in [4.78, 5) is 7.33. The lowest BCUT2D eigenvalue weighted by Gasteiger charge is -2.18. The van der Waals surface area contributed by atoms with E-state index in [9.17, 15) is 8.42 Å². The third-order valence-corrected chi connectivity index (χ3v) is 6.35. The van der Waals surface area contributed by atoms with E-state index in [0.717, 1.165) is 27.8 Å². The number of pyridine rings is 1. The zero-order valence-electron chi connectivity index (χ0n) is 15.9. The van der Waals surface area contributed by atoms with E-state index in [1.165, 1.54) is 12.3 Å². The van der Waals surface area contributed by atoms with Gasteiger partial charge in [-0.2, -0.15) is 0 Å². The summed E-state index contributed by atoms with van der Waals surface area (Å²) in [7, 11) is -2.05. The number of H-pyrrole nitrogens is 1. The van der Waals surface area contributed by atoms with Crippen LogP contribution in [0.5, 0.6) is 5.75 Å². The van der Waals surface area contributed by atoms with Crippen LogP contribution in [0.2, 0.25) is 0 Å². The largest absolute Gasteiger partial charge is 0.497 e. The Kier molecular flexibility index (Phi) is 5.33. The molecule has 4 rings (SSSR count). The molecule has 148 valence electrons. The number of hydrogen-bond donors (Lipinski definition) is 2. The molecule has 0 spiro atoms. The fourth-order valence-corrected chi connectivity index (χ4v) is 4.42. The summed E-state index contributed by atoms with van der Waals surface area (Å²) in [6.45, 7) is 0.214. The summed E-state index contributed by atoms with van der Waals surface area (Å²) < 4.78 is 33.4. The highest BCUT2D eigenvalue weighted by molar-refractivity contribution is 7.89. The van der Waals surface area contributed by atoms with Crippen molar-refractivity contribution in [1.29, 1.82) is 0 Å². The summed E-state index contributed by atoms with van der Waals surface area (Å²) in [6.07, 6.45) is 4.83. The molecule has 0 fully saturated rings. The van der Waals surface area contributed by atoms with E-state index in [0.29, 0.717) is 0 Å². The van der Waals surface area contributed by atoms with Gasteiger partial charge >= 0.3 is 0 Å². The van der Waals surface area contributed by atoms with Crippen molar-refractivity contribution in [1.82, 2.24) is 14.7 Å². The lowest BCUT2D eigenvalue weighted by atomic mass is 9.91. The monoisotopic (exact) mass is 407 g/mol. The highest BCUT2D eigenvalue weighted by Crippen LogP contribution is 2.31. The predicted molar refractivity (Wildman–Crippen MR) is 113 cm³/mol. The first-order chi connectivity index (χ1) is 14.1. The first-order valence-electron chi connectivity index (χ1n) is 9.18. The van der Waals surface area contributed by atoms with Crippen molar-refractivity contribution in [3.63, 3.8) is 0 Å².